The van der Waals surface area contributed by atoms with Crippen LogP contribution >= 0.6 is 0 Å². The fourth-order valence-electron chi connectivity index (χ4n) is 2.88. The molecule has 106 valence electrons. The molecular formula is C16H26N2O. The minimum Gasteiger partial charge on any atom is -0.381 e. The maximum Gasteiger partial charge on any atom is 0.0469 e. The lowest BCUT2D eigenvalue weighted by molar-refractivity contribution is 0.0551. The SMILES string of the molecule is Cc1ccccc1C(N)CN(C)CC1CCOCC1. The first-order chi connectivity index (χ1) is 9.16. The summed E-state index contributed by atoms with van der Waals surface area (Å²) in [6, 6.07) is 8.51. The van der Waals surface area contributed by atoms with E-state index in [0.717, 1.165) is 32.2 Å². The van der Waals surface area contributed by atoms with E-state index in [1.54, 1.807) is 0 Å². The van der Waals surface area contributed by atoms with Crippen LogP contribution in [0, 0.1) is 12.8 Å². The van der Waals surface area contributed by atoms with Gasteiger partial charge in [-0.05, 0) is 43.9 Å². The molecule has 3 heteroatoms. The molecule has 0 radical (unpaired) electrons. The summed E-state index contributed by atoms with van der Waals surface area (Å²) in [5, 5.41) is 0. The molecule has 1 aromatic carbocycles. The lowest BCUT2D eigenvalue weighted by Gasteiger charge is -2.29. The molecule has 1 aliphatic rings. The van der Waals surface area contributed by atoms with E-state index < -0.39 is 0 Å². The zero-order valence-corrected chi connectivity index (χ0v) is 12.1. The average molecular weight is 262 g/mol. The van der Waals surface area contributed by atoms with E-state index in [0.29, 0.717) is 0 Å². The summed E-state index contributed by atoms with van der Waals surface area (Å²) in [4.78, 5) is 2.37. The van der Waals surface area contributed by atoms with Crippen molar-refractivity contribution in [3.05, 3.63) is 35.4 Å². The molecule has 1 aliphatic heterocycles. The van der Waals surface area contributed by atoms with Crippen molar-refractivity contribution in [1.82, 2.24) is 4.90 Å². The summed E-state index contributed by atoms with van der Waals surface area (Å²) >= 11 is 0. The van der Waals surface area contributed by atoms with Gasteiger partial charge >= 0.3 is 0 Å². The summed E-state index contributed by atoms with van der Waals surface area (Å²) < 4.78 is 5.40. The molecule has 1 saturated heterocycles. The van der Waals surface area contributed by atoms with E-state index in [1.165, 1.54) is 24.0 Å². The first-order valence-electron chi connectivity index (χ1n) is 7.24. The smallest absolute Gasteiger partial charge is 0.0469 e. The maximum atomic E-state index is 6.34. The molecule has 1 fully saturated rings. The maximum absolute atomic E-state index is 6.34. The number of hydrogen-bond acceptors (Lipinski definition) is 3. The molecule has 0 amide bonds. The number of benzene rings is 1. The first kappa shape index (κ1) is 14.5. The minimum absolute atomic E-state index is 0.103. The van der Waals surface area contributed by atoms with Gasteiger partial charge in [0.15, 0.2) is 0 Å². The van der Waals surface area contributed by atoms with Crippen molar-refractivity contribution in [2.75, 3.05) is 33.4 Å². The van der Waals surface area contributed by atoms with Crippen LogP contribution in [0.4, 0.5) is 0 Å². The van der Waals surface area contributed by atoms with E-state index in [9.17, 15) is 0 Å². The van der Waals surface area contributed by atoms with Crippen LogP contribution in [-0.4, -0.2) is 38.3 Å². The average Bonchev–Trinajstić information content (AvgIpc) is 2.40. The van der Waals surface area contributed by atoms with Gasteiger partial charge in [-0.15, -0.1) is 0 Å². The van der Waals surface area contributed by atoms with Crippen molar-refractivity contribution >= 4 is 0 Å². The Morgan fingerprint density at radius 2 is 2.00 bits per heavy atom. The van der Waals surface area contributed by atoms with Crippen LogP contribution in [0.1, 0.15) is 30.0 Å². The van der Waals surface area contributed by atoms with Crippen LogP contribution < -0.4 is 5.73 Å². The largest absolute Gasteiger partial charge is 0.381 e. The lowest BCUT2D eigenvalue weighted by atomic mass is 9.98. The van der Waals surface area contributed by atoms with Crippen molar-refractivity contribution in [2.45, 2.75) is 25.8 Å². The number of nitrogens with zero attached hydrogens (tertiary/aromatic N) is 1. The van der Waals surface area contributed by atoms with Crippen molar-refractivity contribution in [3.63, 3.8) is 0 Å². The van der Waals surface area contributed by atoms with Crippen LogP contribution in [0.15, 0.2) is 24.3 Å². The van der Waals surface area contributed by atoms with Gasteiger partial charge in [-0.2, -0.15) is 0 Å². The van der Waals surface area contributed by atoms with Gasteiger partial charge in [0, 0.05) is 32.3 Å². The van der Waals surface area contributed by atoms with Crippen LogP contribution in [0.5, 0.6) is 0 Å². The van der Waals surface area contributed by atoms with Gasteiger partial charge in [0.25, 0.3) is 0 Å². The Kier molecular flexibility index (Phi) is 5.37. The lowest BCUT2D eigenvalue weighted by Crippen LogP contribution is -2.34. The molecule has 0 spiro atoms. The molecule has 0 saturated carbocycles. The third-order valence-corrected chi connectivity index (χ3v) is 4.01. The Labute approximate surface area is 116 Å². The highest BCUT2D eigenvalue weighted by atomic mass is 16.5. The van der Waals surface area contributed by atoms with Crippen molar-refractivity contribution < 1.29 is 4.74 Å². The van der Waals surface area contributed by atoms with Gasteiger partial charge in [-0.1, -0.05) is 24.3 Å². The predicted octanol–water partition coefficient (Wildman–Crippen LogP) is 2.35. The second-order valence-electron chi connectivity index (χ2n) is 5.74. The zero-order valence-electron chi connectivity index (χ0n) is 12.1. The van der Waals surface area contributed by atoms with E-state index in [4.69, 9.17) is 10.5 Å². The molecule has 0 bridgehead atoms. The molecule has 1 unspecified atom stereocenters. The molecule has 0 aromatic heterocycles. The second kappa shape index (κ2) is 7.04. The number of nitrogens with two attached hydrogens (primary N) is 1. The van der Waals surface area contributed by atoms with Gasteiger partial charge in [0.2, 0.25) is 0 Å². The van der Waals surface area contributed by atoms with E-state index in [1.807, 2.05) is 0 Å². The number of aryl methyl sites for hydroxylation is 1. The highest BCUT2D eigenvalue weighted by molar-refractivity contribution is 5.28. The topological polar surface area (TPSA) is 38.5 Å². The minimum atomic E-state index is 0.103. The highest BCUT2D eigenvalue weighted by Gasteiger charge is 2.17. The van der Waals surface area contributed by atoms with E-state index in [2.05, 4.69) is 43.1 Å². The molecule has 3 nitrogen and oxygen atoms in total. The van der Waals surface area contributed by atoms with Crippen molar-refractivity contribution in [3.8, 4) is 0 Å². The van der Waals surface area contributed by atoms with Crippen LogP contribution in [-0.2, 0) is 4.74 Å². The Hall–Kier alpha value is -0.900. The first-order valence-corrected chi connectivity index (χ1v) is 7.24. The second-order valence-corrected chi connectivity index (χ2v) is 5.74. The number of ether oxygens (including phenoxy) is 1. The van der Waals surface area contributed by atoms with Crippen LogP contribution in [0.2, 0.25) is 0 Å². The Morgan fingerprint density at radius 1 is 1.32 bits per heavy atom. The fraction of sp³-hybridized carbons (Fsp3) is 0.625. The number of likely N-dealkylation sites (N-methyl/N-ethyl adjacent to an activating group) is 1. The molecule has 2 rings (SSSR count). The molecule has 1 atom stereocenters. The highest BCUT2D eigenvalue weighted by Crippen LogP contribution is 2.19. The predicted molar refractivity (Wildman–Crippen MR) is 79.1 cm³/mol. The molecular weight excluding hydrogens is 236 g/mol. The van der Waals surface area contributed by atoms with Gasteiger partial charge in [-0.25, -0.2) is 0 Å². The standard InChI is InChI=1S/C16H26N2O/c1-13-5-3-4-6-15(13)16(17)12-18(2)11-14-7-9-19-10-8-14/h3-6,14,16H,7-12,17H2,1-2H3. The van der Waals surface area contributed by atoms with Gasteiger partial charge in [0.05, 0.1) is 0 Å². The zero-order chi connectivity index (χ0) is 13.7. The number of hydrogen-bond donors (Lipinski definition) is 1. The third-order valence-electron chi connectivity index (χ3n) is 4.01. The van der Waals surface area contributed by atoms with Crippen molar-refractivity contribution in [2.24, 2.45) is 11.7 Å². The van der Waals surface area contributed by atoms with Gasteiger partial charge in [0.1, 0.15) is 0 Å². The summed E-state index contributed by atoms with van der Waals surface area (Å²) in [6.07, 6.45) is 2.37. The molecule has 19 heavy (non-hydrogen) atoms. The molecule has 2 N–H and O–H groups in total. The summed E-state index contributed by atoms with van der Waals surface area (Å²) in [7, 11) is 2.17. The van der Waals surface area contributed by atoms with Crippen LogP contribution in [0.25, 0.3) is 0 Å². The van der Waals surface area contributed by atoms with E-state index in [-0.39, 0.29) is 6.04 Å². The number of rotatable bonds is 5. The molecule has 1 aromatic rings. The quantitative estimate of drug-likeness (QED) is 0.885. The Balaban J connectivity index is 1.84. The van der Waals surface area contributed by atoms with Gasteiger partial charge < -0.3 is 15.4 Å². The summed E-state index contributed by atoms with van der Waals surface area (Å²) in [5.74, 6) is 0.767. The van der Waals surface area contributed by atoms with Gasteiger partial charge in [-0.3, -0.25) is 0 Å². The summed E-state index contributed by atoms with van der Waals surface area (Å²) in [5.41, 5.74) is 8.89. The van der Waals surface area contributed by atoms with E-state index >= 15 is 0 Å². The third kappa shape index (κ3) is 4.30. The molecule has 0 aliphatic carbocycles. The Morgan fingerprint density at radius 3 is 2.68 bits per heavy atom. The Bertz CT molecular complexity index is 388. The summed E-state index contributed by atoms with van der Waals surface area (Å²) in [6.45, 7) is 6.02. The fourth-order valence-corrected chi connectivity index (χ4v) is 2.88. The van der Waals surface area contributed by atoms with Crippen LogP contribution in [0.3, 0.4) is 0 Å². The monoisotopic (exact) mass is 262 g/mol. The molecule has 1 heterocycles. The normalized spacial score (nSPS) is 18.7. The van der Waals surface area contributed by atoms with Crippen molar-refractivity contribution in [1.29, 1.82) is 0 Å².